The molecule has 0 fully saturated rings. The first kappa shape index (κ1) is 22.2. The molecule has 0 spiro atoms. The van der Waals surface area contributed by atoms with Crippen LogP contribution < -0.4 is 10.7 Å². The molecule has 2 aromatic rings. The predicted molar refractivity (Wildman–Crippen MR) is 108 cm³/mol. The topological polar surface area (TPSA) is 84.8 Å². The van der Waals surface area contributed by atoms with Crippen LogP contribution in [0.4, 0.5) is 8.78 Å². The fraction of sp³-hybridized carbons (Fsp3) is 0.286. The van der Waals surface area contributed by atoms with E-state index in [1.807, 2.05) is 6.07 Å². The number of allylic oxidation sites excluding steroid dienone is 1. The Kier molecular flexibility index (Phi) is 7.04. The molecule has 0 saturated heterocycles. The van der Waals surface area contributed by atoms with Gasteiger partial charge in [-0.05, 0) is 29.7 Å². The number of carbonyl (C=O) groups is 1. The summed E-state index contributed by atoms with van der Waals surface area (Å²) in [7, 11) is 1.45. The fourth-order valence-corrected chi connectivity index (χ4v) is 3.61. The summed E-state index contributed by atoms with van der Waals surface area (Å²) >= 11 is 6.01. The van der Waals surface area contributed by atoms with Gasteiger partial charge in [-0.15, -0.1) is 0 Å². The highest BCUT2D eigenvalue weighted by Crippen LogP contribution is 2.28. The largest absolute Gasteiger partial charge is 0.364 e. The van der Waals surface area contributed by atoms with Crippen LogP contribution in [0.15, 0.2) is 59.8 Å². The third-order valence-corrected chi connectivity index (χ3v) is 5.08. The summed E-state index contributed by atoms with van der Waals surface area (Å²) in [6.07, 6.45) is -4.09. The summed E-state index contributed by atoms with van der Waals surface area (Å²) in [4.78, 5) is 12.8. The number of amides is 1. The van der Waals surface area contributed by atoms with E-state index in [1.54, 1.807) is 30.3 Å². The Morgan fingerprint density at radius 1 is 1.20 bits per heavy atom. The van der Waals surface area contributed by atoms with Crippen LogP contribution in [-0.2, 0) is 17.8 Å². The molecule has 1 aliphatic rings. The van der Waals surface area contributed by atoms with Gasteiger partial charge in [-0.1, -0.05) is 48.0 Å². The minimum absolute atomic E-state index is 0.0186. The SMILES string of the molecule is CN1NC(Cc2cccc(Cl)c2)C(C(=O)NCc2ccc(C(O)O)cc2)=C1C(F)F. The number of hydrogen-bond acceptors (Lipinski definition) is 5. The molecule has 6 nitrogen and oxygen atoms in total. The average Bonchev–Trinajstić information content (AvgIpc) is 3.02. The van der Waals surface area contributed by atoms with Gasteiger partial charge in [0.1, 0.15) is 5.70 Å². The molecule has 0 saturated carbocycles. The average molecular weight is 438 g/mol. The number of benzene rings is 2. The third kappa shape index (κ3) is 5.14. The monoisotopic (exact) mass is 437 g/mol. The summed E-state index contributed by atoms with van der Waals surface area (Å²) in [5, 5.41) is 22.7. The van der Waals surface area contributed by atoms with Gasteiger partial charge in [-0.3, -0.25) is 4.79 Å². The van der Waals surface area contributed by atoms with Crippen LogP contribution in [0.1, 0.15) is 23.0 Å². The quantitative estimate of drug-likeness (QED) is 0.500. The molecule has 0 radical (unpaired) electrons. The molecular weight excluding hydrogens is 416 g/mol. The van der Waals surface area contributed by atoms with Gasteiger partial charge in [0, 0.05) is 24.2 Å². The summed E-state index contributed by atoms with van der Waals surface area (Å²) in [6.45, 7) is 0.105. The second-order valence-electron chi connectivity index (χ2n) is 6.97. The molecule has 160 valence electrons. The van der Waals surface area contributed by atoms with Gasteiger partial charge in [0.2, 0.25) is 0 Å². The van der Waals surface area contributed by atoms with E-state index in [1.165, 1.54) is 24.2 Å². The number of aliphatic hydroxyl groups is 2. The van der Waals surface area contributed by atoms with E-state index in [9.17, 15) is 13.6 Å². The third-order valence-electron chi connectivity index (χ3n) is 4.85. The summed E-state index contributed by atoms with van der Waals surface area (Å²) < 4.78 is 27.3. The molecule has 1 heterocycles. The molecule has 9 heteroatoms. The number of hydrazine groups is 1. The van der Waals surface area contributed by atoms with Crippen molar-refractivity contribution in [2.45, 2.75) is 31.7 Å². The minimum atomic E-state index is -2.82. The van der Waals surface area contributed by atoms with Gasteiger partial charge in [0.15, 0.2) is 6.29 Å². The molecule has 1 unspecified atom stereocenters. The molecular formula is C21H22ClF2N3O3. The Bertz CT molecular complexity index is 935. The first-order chi connectivity index (χ1) is 14.3. The van der Waals surface area contributed by atoms with Gasteiger partial charge in [0.25, 0.3) is 12.3 Å². The molecule has 0 aromatic heterocycles. The van der Waals surface area contributed by atoms with Crippen molar-refractivity contribution in [3.05, 3.63) is 81.5 Å². The van der Waals surface area contributed by atoms with Crippen LogP contribution >= 0.6 is 11.6 Å². The summed E-state index contributed by atoms with van der Waals surface area (Å²) in [5.41, 5.74) is 4.36. The van der Waals surface area contributed by atoms with Crippen molar-refractivity contribution in [2.75, 3.05) is 7.05 Å². The minimum Gasteiger partial charge on any atom is -0.364 e. The van der Waals surface area contributed by atoms with Crippen molar-refractivity contribution in [3.63, 3.8) is 0 Å². The van der Waals surface area contributed by atoms with Gasteiger partial charge in [-0.2, -0.15) is 0 Å². The smallest absolute Gasteiger partial charge is 0.279 e. The van der Waals surface area contributed by atoms with E-state index in [0.717, 1.165) is 5.56 Å². The van der Waals surface area contributed by atoms with Crippen LogP contribution in [0.3, 0.4) is 0 Å². The van der Waals surface area contributed by atoms with Crippen LogP contribution in [0.5, 0.6) is 0 Å². The second-order valence-corrected chi connectivity index (χ2v) is 7.41. The standard InChI is InChI=1S/C21H22ClF2N3O3/c1-27-18(19(23)24)17(16(26-27)10-13-3-2-4-15(22)9-13)20(28)25-11-12-5-7-14(8-6-12)21(29)30/h2-9,16,19,21,26,29-30H,10-11H2,1H3,(H,25,28). The van der Waals surface area contributed by atoms with Gasteiger partial charge < -0.3 is 20.5 Å². The van der Waals surface area contributed by atoms with Crippen molar-refractivity contribution >= 4 is 17.5 Å². The number of halogens is 3. The highest BCUT2D eigenvalue weighted by molar-refractivity contribution is 6.30. The first-order valence-corrected chi connectivity index (χ1v) is 9.63. The normalized spacial score (nSPS) is 16.7. The molecule has 1 aliphatic heterocycles. The van der Waals surface area contributed by atoms with Crippen LogP contribution in [-0.4, -0.2) is 40.6 Å². The lowest BCUT2D eigenvalue weighted by molar-refractivity contribution is -0.118. The van der Waals surface area contributed by atoms with Crippen LogP contribution in [0.2, 0.25) is 5.02 Å². The molecule has 1 amide bonds. The van der Waals surface area contributed by atoms with Gasteiger partial charge in [0.05, 0.1) is 11.6 Å². The maximum absolute atomic E-state index is 13.7. The molecule has 1 atom stereocenters. The lowest BCUT2D eigenvalue weighted by atomic mass is 9.98. The lowest BCUT2D eigenvalue weighted by Gasteiger charge is -2.18. The Hall–Kier alpha value is -2.52. The highest BCUT2D eigenvalue weighted by Gasteiger charge is 2.37. The Morgan fingerprint density at radius 2 is 1.90 bits per heavy atom. The number of aliphatic hydroxyl groups excluding tert-OH is 1. The first-order valence-electron chi connectivity index (χ1n) is 9.26. The second kappa shape index (κ2) is 9.53. The number of alkyl halides is 2. The summed E-state index contributed by atoms with van der Waals surface area (Å²) in [5.74, 6) is -0.597. The van der Waals surface area contributed by atoms with Crippen molar-refractivity contribution in [3.8, 4) is 0 Å². The van der Waals surface area contributed by atoms with Gasteiger partial charge in [-0.25, -0.2) is 14.2 Å². The zero-order valence-electron chi connectivity index (χ0n) is 16.1. The number of carbonyl (C=O) groups excluding carboxylic acids is 1. The fourth-order valence-electron chi connectivity index (χ4n) is 3.40. The van der Waals surface area contributed by atoms with E-state index in [4.69, 9.17) is 21.8 Å². The zero-order valence-corrected chi connectivity index (χ0v) is 16.9. The summed E-state index contributed by atoms with van der Waals surface area (Å²) in [6, 6.07) is 12.7. The molecule has 0 aliphatic carbocycles. The maximum Gasteiger partial charge on any atom is 0.279 e. The van der Waals surface area contributed by atoms with Gasteiger partial charge >= 0.3 is 0 Å². The van der Waals surface area contributed by atoms with Crippen LogP contribution in [0.25, 0.3) is 0 Å². The predicted octanol–water partition coefficient (Wildman–Crippen LogP) is 2.52. The molecule has 2 aromatic carbocycles. The van der Waals surface area contributed by atoms with E-state index in [2.05, 4.69) is 10.7 Å². The maximum atomic E-state index is 13.7. The van der Waals surface area contributed by atoms with Crippen molar-refractivity contribution < 1.29 is 23.8 Å². The Balaban J connectivity index is 1.77. The molecule has 30 heavy (non-hydrogen) atoms. The number of hydrogen-bond donors (Lipinski definition) is 4. The molecule has 3 rings (SSSR count). The Labute approximate surface area is 177 Å². The van der Waals surface area contributed by atoms with Crippen molar-refractivity contribution in [1.29, 1.82) is 0 Å². The number of nitrogens with zero attached hydrogens (tertiary/aromatic N) is 1. The highest BCUT2D eigenvalue weighted by atomic mass is 35.5. The van der Waals surface area contributed by atoms with E-state index in [0.29, 0.717) is 22.6 Å². The lowest BCUT2D eigenvalue weighted by Crippen LogP contribution is -2.38. The number of rotatable bonds is 7. The van der Waals surface area contributed by atoms with Crippen LogP contribution in [0, 0.1) is 0 Å². The molecule has 4 N–H and O–H groups in total. The van der Waals surface area contributed by atoms with E-state index >= 15 is 0 Å². The zero-order chi connectivity index (χ0) is 21.8. The van der Waals surface area contributed by atoms with Crippen molar-refractivity contribution in [1.82, 2.24) is 15.8 Å². The van der Waals surface area contributed by atoms with E-state index < -0.39 is 24.7 Å². The number of nitrogens with one attached hydrogen (secondary N) is 2. The molecule has 0 bridgehead atoms. The Morgan fingerprint density at radius 3 is 2.50 bits per heavy atom. The van der Waals surface area contributed by atoms with Crippen molar-refractivity contribution in [2.24, 2.45) is 0 Å². The van der Waals surface area contributed by atoms with E-state index in [-0.39, 0.29) is 17.8 Å².